The van der Waals surface area contributed by atoms with Gasteiger partial charge >= 0.3 is 0 Å². The highest BCUT2D eigenvalue weighted by Crippen LogP contribution is 2.41. The molecule has 0 spiro atoms. The zero-order chi connectivity index (χ0) is 13.9. The number of rotatable bonds is 6. The number of carbonyl (C=O) groups is 1. The average molecular weight is 308 g/mol. The second-order valence-corrected chi connectivity index (χ2v) is 6.73. The standard InChI is InChI=1S/C13H16N4OS2/c1-9(18)14-6-8-20-13-16-15-12(11-3-2-7-19-11)17(13)10-4-5-10/h2-3,7,10H,4-6,8H2,1H3,(H,14,18). The van der Waals surface area contributed by atoms with Crippen LogP contribution in [0.3, 0.4) is 0 Å². The van der Waals surface area contributed by atoms with Gasteiger partial charge in [-0.15, -0.1) is 21.5 Å². The van der Waals surface area contributed by atoms with Gasteiger partial charge in [0.1, 0.15) is 0 Å². The lowest BCUT2D eigenvalue weighted by molar-refractivity contribution is -0.118. The van der Waals surface area contributed by atoms with E-state index in [9.17, 15) is 4.79 Å². The predicted octanol–water partition coefficient (Wildman–Crippen LogP) is 2.57. The topological polar surface area (TPSA) is 59.8 Å². The summed E-state index contributed by atoms with van der Waals surface area (Å²) in [7, 11) is 0. The normalized spacial score (nSPS) is 14.4. The van der Waals surface area contributed by atoms with Gasteiger partial charge in [-0.1, -0.05) is 17.8 Å². The van der Waals surface area contributed by atoms with Crippen LogP contribution in [-0.4, -0.2) is 33.0 Å². The summed E-state index contributed by atoms with van der Waals surface area (Å²) in [6.45, 7) is 2.19. The summed E-state index contributed by atoms with van der Waals surface area (Å²) in [4.78, 5) is 12.0. The third kappa shape index (κ3) is 3.04. The van der Waals surface area contributed by atoms with Crippen molar-refractivity contribution in [1.82, 2.24) is 20.1 Å². The monoisotopic (exact) mass is 308 g/mol. The van der Waals surface area contributed by atoms with Crippen molar-refractivity contribution < 1.29 is 4.79 Å². The molecule has 0 radical (unpaired) electrons. The molecule has 0 aromatic carbocycles. The molecular weight excluding hydrogens is 292 g/mol. The lowest BCUT2D eigenvalue weighted by Gasteiger charge is -2.07. The number of thioether (sulfide) groups is 1. The molecule has 1 N–H and O–H groups in total. The van der Waals surface area contributed by atoms with Crippen molar-refractivity contribution >= 4 is 29.0 Å². The molecule has 0 atom stereocenters. The first kappa shape index (κ1) is 13.6. The number of hydrogen-bond donors (Lipinski definition) is 1. The smallest absolute Gasteiger partial charge is 0.216 e. The van der Waals surface area contributed by atoms with Crippen LogP contribution in [0.4, 0.5) is 0 Å². The second kappa shape index (κ2) is 5.97. The Morgan fingerprint density at radius 1 is 1.55 bits per heavy atom. The third-order valence-electron chi connectivity index (χ3n) is 3.03. The van der Waals surface area contributed by atoms with Crippen LogP contribution in [0.5, 0.6) is 0 Å². The maximum absolute atomic E-state index is 10.8. The van der Waals surface area contributed by atoms with Crippen LogP contribution in [0, 0.1) is 0 Å². The van der Waals surface area contributed by atoms with E-state index in [0.29, 0.717) is 12.6 Å². The number of aromatic nitrogens is 3. The van der Waals surface area contributed by atoms with E-state index in [-0.39, 0.29) is 5.91 Å². The number of nitrogens with zero attached hydrogens (tertiary/aromatic N) is 3. The Hall–Kier alpha value is -1.34. The molecule has 2 aromatic rings. The molecule has 0 saturated heterocycles. The number of carbonyl (C=O) groups excluding carboxylic acids is 1. The quantitative estimate of drug-likeness (QED) is 0.658. The molecule has 1 aliphatic carbocycles. The molecule has 0 bridgehead atoms. The van der Waals surface area contributed by atoms with Crippen LogP contribution in [0.15, 0.2) is 22.7 Å². The Morgan fingerprint density at radius 3 is 3.05 bits per heavy atom. The third-order valence-corrected chi connectivity index (χ3v) is 4.84. The van der Waals surface area contributed by atoms with Gasteiger partial charge in [-0.3, -0.25) is 9.36 Å². The second-order valence-electron chi connectivity index (χ2n) is 4.72. The van der Waals surface area contributed by atoms with Crippen LogP contribution in [-0.2, 0) is 4.79 Å². The van der Waals surface area contributed by atoms with E-state index in [4.69, 9.17) is 0 Å². The molecule has 1 fully saturated rings. The van der Waals surface area contributed by atoms with E-state index in [1.807, 2.05) is 6.07 Å². The first-order valence-corrected chi connectivity index (χ1v) is 8.48. The van der Waals surface area contributed by atoms with Gasteiger partial charge in [-0.2, -0.15) is 0 Å². The Morgan fingerprint density at radius 2 is 2.40 bits per heavy atom. The SMILES string of the molecule is CC(=O)NCCSc1nnc(-c2cccs2)n1C1CC1. The number of thiophene rings is 1. The van der Waals surface area contributed by atoms with Crippen molar-refractivity contribution in [2.24, 2.45) is 0 Å². The first-order chi connectivity index (χ1) is 9.75. The van der Waals surface area contributed by atoms with Crippen molar-refractivity contribution in [3.05, 3.63) is 17.5 Å². The summed E-state index contributed by atoms with van der Waals surface area (Å²) in [5.74, 6) is 1.80. The molecule has 1 amide bonds. The van der Waals surface area contributed by atoms with Crippen molar-refractivity contribution in [2.45, 2.75) is 31.0 Å². The van der Waals surface area contributed by atoms with Crippen LogP contribution in [0.2, 0.25) is 0 Å². The van der Waals surface area contributed by atoms with E-state index in [1.165, 1.54) is 19.8 Å². The highest BCUT2D eigenvalue weighted by atomic mass is 32.2. The molecule has 1 saturated carbocycles. The Labute approximate surface area is 125 Å². The molecule has 0 aliphatic heterocycles. The Balaban J connectivity index is 1.73. The molecule has 0 unspecified atom stereocenters. The highest BCUT2D eigenvalue weighted by molar-refractivity contribution is 7.99. The zero-order valence-electron chi connectivity index (χ0n) is 11.2. The summed E-state index contributed by atoms with van der Waals surface area (Å²) < 4.78 is 2.25. The molecule has 2 heterocycles. The molecule has 7 heteroatoms. The summed E-state index contributed by atoms with van der Waals surface area (Å²) >= 11 is 3.35. The Bertz CT molecular complexity index is 590. The lowest BCUT2D eigenvalue weighted by atomic mass is 10.4. The van der Waals surface area contributed by atoms with Gasteiger partial charge in [0.2, 0.25) is 5.91 Å². The van der Waals surface area contributed by atoms with Crippen molar-refractivity contribution in [3.8, 4) is 10.7 Å². The fraction of sp³-hybridized carbons (Fsp3) is 0.462. The Kier molecular flexibility index (Phi) is 4.07. The molecule has 3 rings (SSSR count). The van der Waals surface area contributed by atoms with Gasteiger partial charge in [-0.05, 0) is 24.3 Å². The van der Waals surface area contributed by atoms with E-state index in [2.05, 4.69) is 31.5 Å². The van der Waals surface area contributed by atoms with Gasteiger partial charge in [0.15, 0.2) is 11.0 Å². The summed E-state index contributed by atoms with van der Waals surface area (Å²) in [5.41, 5.74) is 0. The van der Waals surface area contributed by atoms with Crippen molar-refractivity contribution in [2.75, 3.05) is 12.3 Å². The molecule has 20 heavy (non-hydrogen) atoms. The van der Waals surface area contributed by atoms with E-state index in [1.54, 1.807) is 23.1 Å². The summed E-state index contributed by atoms with van der Waals surface area (Å²) in [6, 6.07) is 4.67. The van der Waals surface area contributed by atoms with Gasteiger partial charge in [0.25, 0.3) is 0 Å². The minimum Gasteiger partial charge on any atom is -0.356 e. The number of hydrogen-bond acceptors (Lipinski definition) is 5. The molecule has 2 aromatic heterocycles. The number of amides is 1. The molecule has 1 aliphatic rings. The maximum atomic E-state index is 10.8. The maximum Gasteiger partial charge on any atom is 0.216 e. The highest BCUT2D eigenvalue weighted by Gasteiger charge is 2.30. The van der Waals surface area contributed by atoms with Gasteiger partial charge in [0.05, 0.1) is 4.88 Å². The van der Waals surface area contributed by atoms with E-state index < -0.39 is 0 Å². The van der Waals surface area contributed by atoms with Crippen LogP contribution < -0.4 is 5.32 Å². The summed E-state index contributed by atoms with van der Waals surface area (Å²) in [6.07, 6.45) is 2.41. The summed E-state index contributed by atoms with van der Waals surface area (Å²) in [5, 5.41) is 14.5. The van der Waals surface area contributed by atoms with Gasteiger partial charge in [0, 0.05) is 25.3 Å². The van der Waals surface area contributed by atoms with E-state index in [0.717, 1.165) is 21.6 Å². The van der Waals surface area contributed by atoms with E-state index >= 15 is 0 Å². The number of nitrogens with one attached hydrogen (secondary N) is 1. The largest absolute Gasteiger partial charge is 0.356 e. The van der Waals surface area contributed by atoms with Crippen molar-refractivity contribution in [1.29, 1.82) is 0 Å². The average Bonchev–Trinajstić information content (AvgIpc) is 2.96. The molecular formula is C13H16N4OS2. The molecule has 5 nitrogen and oxygen atoms in total. The van der Waals surface area contributed by atoms with Crippen LogP contribution in [0.25, 0.3) is 10.7 Å². The molecule has 106 valence electrons. The van der Waals surface area contributed by atoms with Crippen molar-refractivity contribution in [3.63, 3.8) is 0 Å². The van der Waals surface area contributed by atoms with Crippen LogP contribution >= 0.6 is 23.1 Å². The lowest BCUT2D eigenvalue weighted by Crippen LogP contribution is -2.22. The van der Waals surface area contributed by atoms with Gasteiger partial charge < -0.3 is 5.32 Å². The fourth-order valence-electron chi connectivity index (χ4n) is 1.98. The minimum absolute atomic E-state index is 0.00790. The van der Waals surface area contributed by atoms with Crippen LogP contribution in [0.1, 0.15) is 25.8 Å². The first-order valence-electron chi connectivity index (χ1n) is 6.61. The predicted molar refractivity (Wildman–Crippen MR) is 81.0 cm³/mol. The minimum atomic E-state index is 0.00790. The van der Waals surface area contributed by atoms with Gasteiger partial charge in [-0.25, -0.2) is 0 Å². The fourth-order valence-corrected chi connectivity index (χ4v) is 3.55. The zero-order valence-corrected chi connectivity index (χ0v) is 12.8.